The van der Waals surface area contributed by atoms with Crippen LogP contribution in [0.3, 0.4) is 0 Å². The highest BCUT2D eigenvalue weighted by molar-refractivity contribution is 7.89. The summed E-state index contributed by atoms with van der Waals surface area (Å²) in [6, 6.07) is 2.40. The van der Waals surface area contributed by atoms with Gasteiger partial charge in [-0.3, -0.25) is 4.79 Å². The van der Waals surface area contributed by atoms with Gasteiger partial charge in [0.25, 0.3) is 0 Å². The summed E-state index contributed by atoms with van der Waals surface area (Å²) in [5.41, 5.74) is 5.14. The van der Waals surface area contributed by atoms with Crippen LogP contribution in [0.4, 0.5) is 5.69 Å². The van der Waals surface area contributed by atoms with E-state index in [9.17, 15) is 18.0 Å². The molecular formula is C12H17N3O5S. The first-order valence-electron chi connectivity index (χ1n) is 5.92. The van der Waals surface area contributed by atoms with Gasteiger partial charge in [0.05, 0.1) is 16.5 Å². The van der Waals surface area contributed by atoms with Crippen molar-refractivity contribution in [3.05, 3.63) is 23.8 Å². The molecule has 1 aromatic carbocycles. The van der Waals surface area contributed by atoms with Crippen molar-refractivity contribution in [1.82, 2.24) is 9.62 Å². The first-order chi connectivity index (χ1) is 9.56. The van der Waals surface area contributed by atoms with Gasteiger partial charge in [-0.1, -0.05) is 0 Å². The van der Waals surface area contributed by atoms with Crippen molar-refractivity contribution in [3.8, 4) is 0 Å². The van der Waals surface area contributed by atoms with Gasteiger partial charge < -0.3 is 15.7 Å². The Kier molecular flexibility index (Phi) is 4.92. The minimum Gasteiger partial charge on any atom is -0.478 e. The molecule has 1 unspecified atom stereocenters. The standard InChI is InChI=1S/C12H17N3O5S/c1-7(11(16)15(2)3)14-21(19,20)10-5-4-8(13)6-9(10)12(17)18/h4-7,14H,13H2,1-3H3,(H,17,18). The zero-order valence-corrected chi connectivity index (χ0v) is 12.6. The number of aromatic carboxylic acids is 1. The molecule has 0 aliphatic carbocycles. The second kappa shape index (κ2) is 6.10. The molecule has 0 spiro atoms. The third-order valence-electron chi connectivity index (χ3n) is 2.67. The Morgan fingerprint density at radius 1 is 1.33 bits per heavy atom. The minimum absolute atomic E-state index is 0.128. The van der Waals surface area contributed by atoms with Crippen molar-refractivity contribution in [3.63, 3.8) is 0 Å². The fraction of sp³-hybridized carbons (Fsp3) is 0.333. The molecule has 8 nitrogen and oxygen atoms in total. The number of carbonyl (C=O) groups excluding carboxylic acids is 1. The van der Waals surface area contributed by atoms with Crippen LogP contribution >= 0.6 is 0 Å². The molecule has 0 saturated carbocycles. The Balaban J connectivity index is 3.20. The van der Waals surface area contributed by atoms with Crippen molar-refractivity contribution < 1.29 is 23.1 Å². The molecule has 0 heterocycles. The summed E-state index contributed by atoms with van der Waals surface area (Å²) in [6.45, 7) is 1.37. The van der Waals surface area contributed by atoms with Crippen molar-refractivity contribution in [2.75, 3.05) is 19.8 Å². The zero-order chi connectivity index (χ0) is 16.4. The van der Waals surface area contributed by atoms with Gasteiger partial charge in [0, 0.05) is 19.8 Å². The maximum Gasteiger partial charge on any atom is 0.337 e. The predicted octanol–water partition coefficient (Wildman–Crippen LogP) is -0.278. The summed E-state index contributed by atoms with van der Waals surface area (Å²) in [5.74, 6) is -1.87. The van der Waals surface area contributed by atoms with E-state index in [0.29, 0.717) is 0 Å². The van der Waals surface area contributed by atoms with E-state index < -0.39 is 38.4 Å². The van der Waals surface area contributed by atoms with Crippen molar-refractivity contribution in [1.29, 1.82) is 0 Å². The molecule has 9 heteroatoms. The number of hydrogen-bond donors (Lipinski definition) is 3. The van der Waals surface area contributed by atoms with Gasteiger partial charge in [-0.05, 0) is 25.1 Å². The van der Waals surface area contributed by atoms with Crippen molar-refractivity contribution in [2.24, 2.45) is 0 Å². The lowest BCUT2D eigenvalue weighted by Gasteiger charge is -2.18. The third kappa shape index (κ3) is 3.92. The Morgan fingerprint density at radius 3 is 2.38 bits per heavy atom. The van der Waals surface area contributed by atoms with Crippen LogP contribution in [0, 0.1) is 0 Å². The van der Waals surface area contributed by atoms with Crippen LogP contribution in [0.25, 0.3) is 0 Å². The lowest BCUT2D eigenvalue weighted by molar-refractivity contribution is -0.130. The van der Waals surface area contributed by atoms with E-state index >= 15 is 0 Å². The first-order valence-corrected chi connectivity index (χ1v) is 7.41. The smallest absolute Gasteiger partial charge is 0.337 e. The molecule has 1 atom stereocenters. The molecule has 0 fully saturated rings. The van der Waals surface area contributed by atoms with Gasteiger partial charge in [0.15, 0.2) is 0 Å². The Hall–Kier alpha value is -2.13. The van der Waals surface area contributed by atoms with E-state index in [1.165, 1.54) is 32.0 Å². The number of nitrogens with zero attached hydrogens (tertiary/aromatic N) is 1. The van der Waals surface area contributed by atoms with Crippen LogP contribution in [0.2, 0.25) is 0 Å². The third-order valence-corrected chi connectivity index (χ3v) is 4.27. The number of carbonyl (C=O) groups is 2. The van der Waals surface area contributed by atoms with Gasteiger partial charge in [-0.2, -0.15) is 4.72 Å². The number of carboxylic acid groups (broad SMARTS) is 1. The maximum absolute atomic E-state index is 12.2. The van der Waals surface area contributed by atoms with E-state index in [0.717, 1.165) is 12.1 Å². The van der Waals surface area contributed by atoms with Gasteiger partial charge in [-0.15, -0.1) is 0 Å². The Labute approximate surface area is 122 Å². The summed E-state index contributed by atoms with van der Waals surface area (Å²) in [4.78, 5) is 23.6. The fourth-order valence-corrected chi connectivity index (χ4v) is 3.06. The molecule has 1 rings (SSSR count). The fourth-order valence-electron chi connectivity index (χ4n) is 1.68. The van der Waals surface area contributed by atoms with Crippen molar-refractivity contribution >= 4 is 27.6 Å². The summed E-state index contributed by atoms with van der Waals surface area (Å²) in [7, 11) is -1.19. The normalized spacial score (nSPS) is 12.7. The number of nitrogens with two attached hydrogens (primary N) is 1. The van der Waals surface area contributed by atoms with E-state index in [4.69, 9.17) is 10.8 Å². The number of hydrogen-bond acceptors (Lipinski definition) is 5. The molecule has 4 N–H and O–H groups in total. The molecule has 1 aromatic rings. The highest BCUT2D eigenvalue weighted by atomic mass is 32.2. The van der Waals surface area contributed by atoms with Gasteiger partial charge in [0.2, 0.25) is 15.9 Å². The topological polar surface area (TPSA) is 130 Å². The number of rotatable bonds is 5. The largest absolute Gasteiger partial charge is 0.478 e. The lowest BCUT2D eigenvalue weighted by Crippen LogP contribution is -2.44. The number of nitrogens with one attached hydrogen (secondary N) is 1. The number of benzene rings is 1. The first kappa shape index (κ1) is 16.9. The summed E-state index contributed by atoms with van der Waals surface area (Å²) in [5, 5.41) is 9.06. The van der Waals surface area contributed by atoms with Crippen LogP contribution in [-0.4, -0.2) is 50.4 Å². The second-order valence-electron chi connectivity index (χ2n) is 4.64. The average Bonchev–Trinajstić information content (AvgIpc) is 2.36. The molecule has 0 saturated heterocycles. The minimum atomic E-state index is -4.16. The second-order valence-corrected chi connectivity index (χ2v) is 6.32. The molecule has 0 aromatic heterocycles. The van der Waals surface area contributed by atoms with Crippen LogP contribution in [0.1, 0.15) is 17.3 Å². The number of nitrogen functional groups attached to an aromatic ring is 1. The highest BCUT2D eigenvalue weighted by Crippen LogP contribution is 2.19. The quantitative estimate of drug-likeness (QED) is 0.641. The number of carboxylic acids is 1. The van der Waals surface area contributed by atoms with Gasteiger partial charge in [-0.25, -0.2) is 13.2 Å². The number of amides is 1. The van der Waals surface area contributed by atoms with Crippen LogP contribution in [0.15, 0.2) is 23.1 Å². The van der Waals surface area contributed by atoms with Gasteiger partial charge in [0.1, 0.15) is 0 Å². The summed E-state index contributed by atoms with van der Waals surface area (Å²) >= 11 is 0. The van der Waals surface area contributed by atoms with E-state index in [1.54, 1.807) is 0 Å². The highest BCUT2D eigenvalue weighted by Gasteiger charge is 2.27. The molecule has 0 aliphatic heterocycles. The van der Waals surface area contributed by atoms with E-state index in [2.05, 4.69) is 4.72 Å². The predicted molar refractivity (Wildman–Crippen MR) is 76.3 cm³/mol. The van der Waals surface area contributed by atoms with Crippen LogP contribution < -0.4 is 10.5 Å². The van der Waals surface area contributed by atoms with Crippen LogP contribution in [-0.2, 0) is 14.8 Å². The molecule has 0 aliphatic rings. The maximum atomic E-state index is 12.2. The molecule has 0 bridgehead atoms. The van der Waals surface area contributed by atoms with E-state index in [1.807, 2.05) is 0 Å². The molecule has 1 amide bonds. The summed E-state index contributed by atoms with van der Waals surface area (Å²) in [6.07, 6.45) is 0. The molecule has 0 radical (unpaired) electrons. The van der Waals surface area contributed by atoms with Crippen LogP contribution in [0.5, 0.6) is 0 Å². The number of anilines is 1. The average molecular weight is 315 g/mol. The summed E-state index contributed by atoms with van der Waals surface area (Å²) < 4.78 is 26.6. The molecular weight excluding hydrogens is 298 g/mol. The Bertz CT molecular complexity index is 669. The Morgan fingerprint density at radius 2 is 1.90 bits per heavy atom. The van der Waals surface area contributed by atoms with Crippen molar-refractivity contribution in [2.45, 2.75) is 17.9 Å². The zero-order valence-electron chi connectivity index (χ0n) is 11.8. The number of sulfonamides is 1. The monoisotopic (exact) mass is 315 g/mol. The molecule has 116 valence electrons. The van der Waals surface area contributed by atoms with Gasteiger partial charge >= 0.3 is 5.97 Å². The lowest BCUT2D eigenvalue weighted by atomic mass is 10.2. The van der Waals surface area contributed by atoms with E-state index in [-0.39, 0.29) is 5.69 Å². The SMILES string of the molecule is CC(NS(=O)(=O)c1ccc(N)cc1C(=O)O)C(=O)N(C)C. The number of likely N-dealkylation sites (N-methyl/N-ethyl adjacent to an activating group) is 1. The molecule has 21 heavy (non-hydrogen) atoms.